The van der Waals surface area contributed by atoms with E-state index in [2.05, 4.69) is 36.2 Å². The van der Waals surface area contributed by atoms with Crippen LogP contribution in [0.5, 0.6) is 5.75 Å². The van der Waals surface area contributed by atoms with Crippen molar-refractivity contribution in [2.24, 2.45) is 0 Å². The average Bonchev–Trinajstić information content (AvgIpc) is 3.29. The molecule has 1 aliphatic heterocycles. The Hall–Kier alpha value is -2.75. The Morgan fingerprint density at radius 1 is 1.46 bits per heavy atom. The molecule has 1 N–H and O–H groups in total. The van der Waals surface area contributed by atoms with Gasteiger partial charge in [-0.2, -0.15) is 0 Å². The maximum absolute atomic E-state index is 14.2. The summed E-state index contributed by atoms with van der Waals surface area (Å²) in [4.78, 5) is 22.8. The summed E-state index contributed by atoms with van der Waals surface area (Å²) in [6.07, 6.45) is 3.39. The number of nitrogens with one attached hydrogen (secondary N) is 1. The zero-order valence-corrected chi connectivity index (χ0v) is 14.7. The number of ether oxygens (including phenoxy) is 1. The van der Waals surface area contributed by atoms with Crippen LogP contribution in [0.1, 0.15) is 21.6 Å². The average molecular weight is 425 g/mol. The molecule has 0 fully saturated rings. The maximum Gasteiger partial charge on any atom is 0.399 e. The SMILES string of the molecule is O=C(OF)c1cn2c(NCc3c(F)ccc4c3CCO4)ncc(Br)c2n1. The van der Waals surface area contributed by atoms with Crippen molar-refractivity contribution in [1.29, 1.82) is 0 Å². The number of anilines is 1. The number of halogens is 3. The van der Waals surface area contributed by atoms with Crippen molar-refractivity contribution in [3.8, 4) is 5.75 Å². The number of carbonyl (C=O) groups is 1. The zero-order chi connectivity index (χ0) is 18.3. The highest BCUT2D eigenvalue weighted by Gasteiger charge is 2.21. The molecular formula is C16H11BrF2N4O3. The molecule has 0 unspecified atom stereocenters. The van der Waals surface area contributed by atoms with Crippen LogP contribution in [-0.2, 0) is 17.9 Å². The van der Waals surface area contributed by atoms with E-state index in [9.17, 15) is 13.7 Å². The van der Waals surface area contributed by atoms with Crippen LogP contribution in [0.3, 0.4) is 0 Å². The van der Waals surface area contributed by atoms with E-state index in [-0.39, 0.29) is 18.1 Å². The second-order valence-corrected chi connectivity index (χ2v) is 6.42. The molecule has 1 aliphatic rings. The summed E-state index contributed by atoms with van der Waals surface area (Å²) in [5.74, 6) is -0.574. The third kappa shape index (κ3) is 2.75. The van der Waals surface area contributed by atoms with E-state index in [0.717, 1.165) is 5.56 Å². The van der Waals surface area contributed by atoms with Crippen LogP contribution in [0.15, 0.2) is 29.0 Å². The first-order valence-electron chi connectivity index (χ1n) is 7.62. The Morgan fingerprint density at radius 2 is 2.31 bits per heavy atom. The Balaban J connectivity index is 1.68. The van der Waals surface area contributed by atoms with E-state index < -0.39 is 5.97 Å². The monoisotopic (exact) mass is 424 g/mol. The van der Waals surface area contributed by atoms with Crippen molar-refractivity contribution < 1.29 is 23.4 Å². The van der Waals surface area contributed by atoms with Crippen LogP contribution < -0.4 is 10.1 Å². The molecule has 10 heteroatoms. The van der Waals surface area contributed by atoms with Gasteiger partial charge >= 0.3 is 5.97 Å². The van der Waals surface area contributed by atoms with Crippen molar-refractivity contribution in [2.45, 2.75) is 13.0 Å². The van der Waals surface area contributed by atoms with Gasteiger partial charge in [0.1, 0.15) is 11.6 Å². The summed E-state index contributed by atoms with van der Waals surface area (Å²) in [5.41, 5.74) is 1.42. The Bertz CT molecular complexity index is 1020. The first kappa shape index (κ1) is 16.7. The van der Waals surface area contributed by atoms with Crippen molar-refractivity contribution >= 4 is 33.5 Å². The highest BCUT2D eigenvalue weighted by Crippen LogP contribution is 2.30. The summed E-state index contributed by atoms with van der Waals surface area (Å²) >= 11 is 3.27. The van der Waals surface area contributed by atoms with Crippen molar-refractivity contribution in [1.82, 2.24) is 14.4 Å². The van der Waals surface area contributed by atoms with Crippen LogP contribution in [0.4, 0.5) is 14.9 Å². The molecule has 0 radical (unpaired) electrons. The number of rotatable bonds is 4. The minimum Gasteiger partial charge on any atom is -0.493 e. The third-order valence-electron chi connectivity index (χ3n) is 4.09. The number of carbonyl (C=O) groups excluding carboxylic acids is 1. The van der Waals surface area contributed by atoms with Crippen molar-refractivity contribution in [3.05, 3.63) is 51.6 Å². The third-order valence-corrected chi connectivity index (χ3v) is 4.65. The number of hydrogen-bond donors (Lipinski definition) is 1. The molecular weight excluding hydrogens is 414 g/mol. The number of benzene rings is 1. The number of fused-ring (bicyclic) bond motifs is 2. The molecule has 3 heterocycles. The second kappa shape index (κ2) is 6.52. The molecule has 0 saturated carbocycles. The van der Waals surface area contributed by atoms with Crippen LogP contribution in [0.25, 0.3) is 5.65 Å². The number of hydrogen-bond acceptors (Lipinski definition) is 6. The molecule has 0 atom stereocenters. The minimum absolute atomic E-state index is 0.156. The molecule has 4 rings (SSSR count). The van der Waals surface area contributed by atoms with Gasteiger partial charge in [0, 0.05) is 41.0 Å². The second-order valence-electron chi connectivity index (χ2n) is 5.57. The van der Waals surface area contributed by atoms with E-state index in [0.29, 0.717) is 40.4 Å². The smallest absolute Gasteiger partial charge is 0.399 e. The van der Waals surface area contributed by atoms with Gasteiger partial charge in [-0.25, -0.2) is 24.1 Å². The topological polar surface area (TPSA) is 77.8 Å². The summed E-state index contributed by atoms with van der Waals surface area (Å²) in [6.45, 7) is 0.673. The van der Waals surface area contributed by atoms with Gasteiger partial charge in [-0.05, 0) is 28.1 Å². The van der Waals surface area contributed by atoms with E-state index in [1.54, 1.807) is 6.07 Å². The molecule has 0 bridgehead atoms. The molecule has 1 aromatic carbocycles. The van der Waals surface area contributed by atoms with E-state index in [1.807, 2.05) is 0 Å². The van der Waals surface area contributed by atoms with Gasteiger partial charge in [-0.1, -0.05) is 0 Å². The highest BCUT2D eigenvalue weighted by atomic mass is 79.9. The summed E-state index contributed by atoms with van der Waals surface area (Å²) in [5, 5.41) is 3.02. The molecule has 0 saturated heterocycles. The van der Waals surface area contributed by atoms with Gasteiger partial charge in [0.05, 0.1) is 11.1 Å². The standard InChI is InChI=1S/C16H11BrF2N4O3/c17-10-6-21-16(23-7-12(15(24)26-19)22-14(10)23)20-5-9-8-3-4-25-13(8)2-1-11(9)18/h1-2,6-7H,3-5H2,(H,20,21). The number of imidazole rings is 1. The predicted octanol–water partition coefficient (Wildman–Crippen LogP) is 3.22. The Morgan fingerprint density at radius 3 is 3.12 bits per heavy atom. The van der Waals surface area contributed by atoms with Crippen LogP contribution in [-0.4, -0.2) is 26.9 Å². The lowest BCUT2D eigenvalue weighted by Gasteiger charge is -2.12. The fraction of sp³-hybridized carbons (Fsp3) is 0.188. The Kier molecular flexibility index (Phi) is 4.19. The van der Waals surface area contributed by atoms with Crippen molar-refractivity contribution in [3.63, 3.8) is 0 Å². The quantitative estimate of drug-likeness (QED) is 0.692. The maximum atomic E-state index is 14.2. The normalized spacial score (nSPS) is 12.7. The largest absolute Gasteiger partial charge is 0.493 e. The summed E-state index contributed by atoms with van der Waals surface area (Å²) in [6, 6.07) is 2.97. The lowest BCUT2D eigenvalue weighted by molar-refractivity contribution is -0.0792. The van der Waals surface area contributed by atoms with E-state index in [4.69, 9.17) is 4.74 Å². The molecule has 7 nitrogen and oxygen atoms in total. The fourth-order valence-electron chi connectivity index (χ4n) is 2.89. The molecule has 0 spiro atoms. The van der Waals surface area contributed by atoms with Crippen LogP contribution in [0, 0.1) is 5.82 Å². The molecule has 0 aliphatic carbocycles. The van der Waals surface area contributed by atoms with Gasteiger partial charge in [0.25, 0.3) is 0 Å². The first-order chi connectivity index (χ1) is 12.6. The molecule has 3 aromatic rings. The molecule has 134 valence electrons. The van der Waals surface area contributed by atoms with Crippen molar-refractivity contribution in [2.75, 3.05) is 11.9 Å². The van der Waals surface area contributed by atoms with Crippen LogP contribution in [0.2, 0.25) is 0 Å². The zero-order valence-electron chi connectivity index (χ0n) is 13.1. The molecule has 26 heavy (non-hydrogen) atoms. The fourth-order valence-corrected chi connectivity index (χ4v) is 3.27. The Labute approximate surface area is 154 Å². The van der Waals surface area contributed by atoms with E-state index in [1.165, 1.54) is 22.9 Å². The first-order valence-corrected chi connectivity index (χ1v) is 8.41. The van der Waals surface area contributed by atoms with Gasteiger partial charge in [-0.3, -0.25) is 4.40 Å². The highest BCUT2D eigenvalue weighted by molar-refractivity contribution is 9.10. The lowest BCUT2D eigenvalue weighted by Crippen LogP contribution is -2.09. The number of aromatic nitrogens is 3. The minimum atomic E-state index is -1.21. The summed E-state index contributed by atoms with van der Waals surface area (Å²) in [7, 11) is 0. The molecule has 2 aromatic heterocycles. The van der Waals surface area contributed by atoms with Crippen LogP contribution >= 0.6 is 15.9 Å². The predicted molar refractivity (Wildman–Crippen MR) is 90.1 cm³/mol. The van der Waals surface area contributed by atoms with Gasteiger partial charge < -0.3 is 10.1 Å². The number of nitrogens with zero attached hydrogens (tertiary/aromatic N) is 3. The lowest BCUT2D eigenvalue weighted by atomic mass is 10.0. The van der Waals surface area contributed by atoms with Gasteiger partial charge in [0.2, 0.25) is 5.95 Å². The van der Waals surface area contributed by atoms with Gasteiger partial charge in [0.15, 0.2) is 11.3 Å². The van der Waals surface area contributed by atoms with E-state index >= 15 is 0 Å². The summed E-state index contributed by atoms with van der Waals surface area (Å²) < 4.78 is 33.8. The van der Waals surface area contributed by atoms with Gasteiger partial charge in [-0.15, -0.1) is 0 Å². The molecule has 0 amide bonds.